The molecule has 32 heavy (non-hydrogen) atoms. The fraction of sp³-hybridized carbons (Fsp3) is 0.667. The van der Waals surface area contributed by atoms with E-state index >= 15 is 0 Å². The lowest BCUT2D eigenvalue weighted by Gasteiger charge is -2.34. The first-order valence-electron chi connectivity index (χ1n) is 10.1. The second-order valence-electron chi connectivity index (χ2n) is 8.81. The average molecular weight is 501 g/mol. The van der Waals surface area contributed by atoms with E-state index in [0.717, 1.165) is 28.8 Å². The third-order valence-corrected chi connectivity index (χ3v) is 14.5. The lowest BCUT2D eigenvalue weighted by atomic mass is 10.2. The molecule has 178 valence electrons. The Bertz CT molecular complexity index is 847. The minimum atomic E-state index is -2.23. The van der Waals surface area contributed by atoms with Gasteiger partial charge in [-0.05, 0) is 56.7 Å². The van der Waals surface area contributed by atoms with E-state index in [1.54, 1.807) is 12.4 Å². The van der Waals surface area contributed by atoms with E-state index in [4.69, 9.17) is 14.8 Å². The normalized spacial score (nSPS) is 13.7. The quantitative estimate of drug-likeness (QED) is 0.0792. The zero-order valence-corrected chi connectivity index (χ0v) is 22.2. The second-order valence-corrected chi connectivity index (χ2v) is 19.0. The van der Waals surface area contributed by atoms with Crippen molar-refractivity contribution in [1.29, 1.82) is 0 Å². The van der Waals surface area contributed by atoms with E-state index in [0.29, 0.717) is 11.6 Å². The maximum atomic E-state index is 12.3. The Morgan fingerprint density at radius 2 is 1.88 bits per heavy atom. The summed E-state index contributed by atoms with van der Waals surface area (Å²) in [6, 6.07) is 0.744. The van der Waals surface area contributed by atoms with E-state index in [9.17, 15) is 14.7 Å². The van der Waals surface area contributed by atoms with Crippen LogP contribution in [0.4, 0.5) is 0 Å². The SMILES string of the molecule is CN(C(=O)CCC[Si](C)(C)O[Si](C)(C)CSc1ncc(CN=[N+]=[N-])cn1)[C@@](C)(O)C(=O)O. The van der Waals surface area contributed by atoms with Crippen LogP contribution in [0.15, 0.2) is 22.7 Å². The molecule has 0 saturated heterocycles. The molecule has 0 radical (unpaired) electrons. The highest BCUT2D eigenvalue weighted by Crippen LogP contribution is 2.26. The van der Waals surface area contributed by atoms with Gasteiger partial charge in [0.2, 0.25) is 11.6 Å². The van der Waals surface area contributed by atoms with Crippen molar-refractivity contribution in [2.75, 3.05) is 12.4 Å². The van der Waals surface area contributed by atoms with Crippen molar-refractivity contribution >= 4 is 40.3 Å². The monoisotopic (exact) mass is 500 g/mol. The zero-order chi connectivity index (χ0) is 24.6. The van der Waals surface area contributed by atoms with Gasteiger partial charge in [0.05, 0.1) is 6.54 Å². The number of aliphatic carboxylic acids is 1. The molecule has 1 atom stereocenters. The fourth-order valence-corrected chi connectivity index (χ4v) is 13.2. The van der Waals surface area contributed by atoms with Crippen LogP contribution >= 0.6 is 11.8 Å². The van der Waals surface area contributed by atoms with E-state index in [2.05, 4.69) is 46.2 Å². The molecule has 1 aromatic heterocycles. The highest BCUT2D eigenvalue weighted by Gasteiger charge is 2.38. The first-order chi connectivity index (χ1) is 14.7. The molecule has 0 bridgehead atoms. The van der Waals surface area contributed by atoms with Gasteiger partial charge in [-0.3, -0.25) is 4.79 Å². The van der Waals surface area contributed by atoms with Gasteiger partial charge in [0, 0.05) is 36.2 Å². The van der Waals surface area contributed by atoms with Crippen molar-refractivity contribution in [2.45, 2.75) is 69.4 Å². The standard InChI is InChI=1S/C18H32N6O5SSi2/c1-18(28,16(26)27)24(2)15(25)8-7-9-31(3,4)29-32(5,6)13-30-17-20-10-14(11-21-17)12-22-23-19/h10-11,28H,7-9,12-13H2,1-6H3,(H,26,27)/t18-/m0/s1. The second kappa shape index (κ2) is 11.8. The van der Waals surface area contributed by atoms with E-state index in [1.807, 2.05) is 0 Å². The smallest absolute Gasteiger partial charge is 0.357 e. The Labute approximate surface area is 194 Å². The molecule has 0 aliphatic carbocycles. The molecule has 0 fully saturated rings. The molecule has 1 rings (SSSR count). The van der Waals surface area contributed by atoms with Gasteiger partial charge in [-0.15, -0.1) is 0 Å². The van der Waals surface area contributed by atoms with Crippen molar-refractivity contribution < 1.29 is 23.9 Å². The molecule has 11 nitrogen and oxygen atoms in total. The maximum Gasteiger partial charge on any atom is 0.357 e. The first-order valence-corrected chi connectivity index (χ1v) is 17.3. The Morgan fingerprint density at radius 3 is 2.41 bits per heavy atom. The van der Waals surface area contributed by atoms with Crippen molar-refractivity contribution in [3.05, 3.63) is 28.4 Å². The summed E-state index contributed by atoms with van der Waals surface area (Å²) in [5.74, 6) is -1.89. The maximum absolute atomic E-state index is 12.3. The van der Waals surface area contributed by atoms with Crippen LogP contribution in [0.3, 0.4) is 0 Å². The number of aliphatic hydroxyl groups is 1. The lowest BCUT2D eigenvalue weighted by molar-refractivity contribution is -0.181. The average Bonchev–Trinajstić information content (AvgIpc) is 2.69. The summed E-state index contributed by atoms with van der Waals surface area (Å²) in [5.41, 5.74) is 6.89. The number of azide groups is 1. The topological polar surface area (TPSA) is 162 Å². The number of likely N-dealkylation sites (N-methyl/N-ethyl adjacent to an activating group) is 1. The molecular formula is C18H32N6O5SSi2. The van der Waals surface area contributed by atoms with Crippen molar-refractivity contribution in [3.8, 4) is 0 Å². The highest BCUT2D eigenvalue weighted by atomic mass is 32.2. The third kappa shape index (κ3) is 9.26. The van der Waals surface area contributed by atoms with Gasteiger partial charge in [-0.1, -0.05) is 16.9 Å². The summed E-state index contributed by atoms with van der Waals surface area (Å²) < 4.78 is 6.55. The van der Waals surface area contributed by atoms with Crippen molar-refractivity contribution in [3.63, 3.8) is 0 Å². The molecule has 0 saturated carbocycles. The molecule has 0 aromatic carbocycles. The van der Waals surface area contributed by atoms with Crippen LogP contribution in [-0.2, 0) is 20.2 Å². The number of amides is 1. The number of thioether (sulfide) groups is 1. The van der Waals surface area contributed by atoms with Gasteiger partial charge in [-0.2, -0.15) is 0 Å². The highest BCUT2D eigenvalue weighted by molar-refractivity contribution is 8.00. The number of hydrogen-bond donors (Lipinski definition) is 2. The number of carboxylic acids is 1. The predicted molar refractivity (Wildman–Crippen MR) is 127 cm³/mol. The Balaban J connectivity index is 2.53. The molecule has 1 aromatic rings. The summed E-state index contributed by atoms with van der Waals surface area (Å²) in [6.45, 7) is 9.78. The number of hydrogen-bond acceptors (Lipinski definition) is 8. The third-order valence-electron chi connectivity index (χ3n) is 4.70. The Morgan fingerprint density at radius 1 is 1.28 bits per heavy atom. The van der Waals surface area contributed by atoms with Crippen molar-refractivity contribution in [1.82, 2.24) is 14.9 Å². The van der Waals surface area contributed by atoms with Crippen LogP contribution in [0.2, 0.25) is 32.2 Å². The van der Waals surface area contributed by atoms with Crippen LogP contribution < -0.4 is 0 Å². The van der Waals surface area contributed by atoms with Crippen LogP contribution in [0.5, 0.6) is 0 Å². The molecule has 1 amide bonds. The molecular weight excluding hydrogens is 468 g/mol. The van der Waals surface area contributed by atoms with Gasteiger partial charge in [-0.25, -0.2) is 14.8 Å². The Kier molecular flexibility index (Phi) is 10.3. The Hall–Kier alpha value is -1.97. The van der Waals surface area contributed by atoms with E-state index < -0.39 is 34.2 Å². The summed E-state index contributed by atoms with van der Waals surface area (Å²) in [6.07, 6.45) is 4.00. The number of carboxylic acid groups (broad SMARTS) is 1. The van der Waals surface area contributed by atoms with Gasteiger partial charge >= 0.3 is 5.97 Å². The van der Waals surface area contributed by atoms with Crippen LogP contribution in [0, 0.1) is 0 Å². The van der Waals surface area contributed by atoms with Gasteiger partial charge in [0.1, 0.15) is 0 Å². The summed E-state index contributed by atoms with van der Waals surface area (Å²) in [4.78, 5) is 35.5. The summed E-state index contributed by atoms with van der Waals surface area (Å²) in [7, 11) is -2.81. The summed E-state index contributed by atoms with van der Waals surface area (Å²) >= 11 is 1.53. The number of aromatic nitrogens is 2. The number of carbonyl (C=O) groups is 2. The van der Waals surface area contributed by atoms with E-state index in [1.165, 1.54) is 18.8 Å². The summed E-state index contributed by atoms with van der Waals surface area (Å²) in [5, 5.41) is 23.8. The number of rotatable bonds is 13. The van der Waals surface area contributed by atoms with Crippen LogP contribution in [0.25, 0.3) is 10.4 Å². The lowest BCUT2D eigenvalue weighted by Crippen LogP contribution is -2.53. The van der Waals surface area contributed by atoms with E-state index in [-0.39, 0.29) is 13.0 Å². The molecule has 0 aliphatic rings. The molecule has 0 unspecified atom stereocenters. The molecule has 1 heterocycles. The minimum absolute atomic E-state index is 0.145. The van der Waals surface area contributed by atoms with Gasteiger partial charge in [0.25, 0.3) is 0 Å². The van der Waals surface area contributed by atoms with Gasteiger partial charge in [0.15, 0.2) is 21.8 Å². The minimum Gasteiger partial charge on any atom is -0.478 e. The number of nitrogens with zero attached hydrogens (tertiary/aromatic N) is 6. The van der Waals surface area contributed by atoms with Crippen molar-refractivity contribution in [2.24, 2.45) is 5.11 Å². The first kappa shape index (κ1) is 28.1. The van der Waals surface area contributed by atoms with Gasteiger partial charge < -0.3 is 19.2 Å². The predicted octanol–water partition coefficient (Wildman–Crippen LogP) is 3.38. The fourth-order valence-electron chi connectivity index (χ4n) is 2.90. The molecule has 0 spiro atoms. The molecule has 2 N–H and O–H groups in total. The number of carbonyl (C=O) groups excluding carboxylic acids is 1. The zero-order valence-electron chi connectivity index (χ0n) is 19.4. The molecule has 0 aliphatic heterocycles. The van der Waals surface area contributed by atoms with Crippen LogP contribution in [0.1, 0.15) is 25.3 Å². The van der Waals surface area contributed by atoms with Crippen LogP contribution in [-0.4, -0.2) is 71.7 Å². The molecule has 14 heteroatoms. The largest absolute Gasteiger partial charge is 0.478 e.